The lowest BCUT2D eigenvalue weighted by Crippen LogP contribution is -2.48. The first-order valence-corrected chi connectivity index (χ1v) is 11.4. The van der Waals surface area contributed by atoms with E-state index in [2.05, 4.69) is 71.0 Å². The van der Waals surface area contributed by atoms with Crippen molar-refractivity contribution in [3.8, 4) is 0 Å². The van der Waals surface area contributed by atoms with Gasteiger partial charge in [-0.15, -0.1) is 24.0 Å². The molecule has 1 unspecified atom stereocenters. The van der Waals surface area contributed by atoms with Gasteiger partial charge in [-0.3, -0.25) is 9.89 Å². The van der Waals surface area contributed by atoms with Gasteiger partial charge in [0.15, 0.2) is 5.96 Å². The average molecular weight is 543 g/mol. The van der Waals surface area contributed by atoms with Gasteiger partial charge in [-0.1, -0.05) is 26.0 Å². The molecule has 0 spiro atoms. The van der Waals surface area contributed by atoms with Crippen LogP contribution in [0.1, 0.15) is 33.0 Å². The Morgan fingerprint density at radius 1 is 1.19 bits per heavy atom. The van der Waals surface area contributed by atoms with Gasteiger partial charge in [0, 0.05) is 38.8 Å². The number of nitrogens with zero attached hydrogens (tertiary/aromatic N) is 4. The molecule has 0 bridgehead atoms. The maximum absolute atomic E-state index is 5.52. The maximum Gasteiger partial charge on any atom is 0.191 e. The second kappa shape index (κ2) is 13.2. The predicted octanol–water partition coefficient (Wildman–Crippen LogP) is 3.26. The summed E-state index contributed by atoms with van der Waals surface area (Å²) in [5, 5.41) is 6.90. The molecular formula is C23H39IN6O. The molecule has 1 aromatic heterocycles. The second-order valence-electron chi connectivity index (χ2n) is 8.26. The van der Waals surface area contributed by atoms with Gasteiger partial charge in [0.25, 0.3) is 0 Å². The molecule has 31 heavy (non-hydrogen) atoms. The third-order valence-electron chi connectivity index (χ3n) is 5.76. The van der Waals surface area contributed by atoms with E-state index in [0.717, 1.165) is 76.2 Å². The molecule has 0 amide bonds. The topological polar surface area (TPSA) is 66.7 Å². The van der Waals surface area contributed by atoms with E-state index >= 15 is 0 Å². The number of fused-ring (bicyclic) bond motifs is 1. The van der Waals surface area contributed by atoms with Crippen molar-refractivity contribution in [2.24, 2.45) is 10.9 Å². The minimum Gasteiger partial charge on any atom is -0.379 e. The molecule has 1 aliphatic heterocycles. The van der Waals surface area contributed by atoms with Gasteiger partial charge in [-0.25, -0.2) is 4.98 Å². The van der Waals surface area contributed by atoms with Gasteiger partial charge in [0.05, 0.1) is 30.8 Å². The zero-order chi connectivity index (χ0) is 21.3. The van der Waals surface area contributed by atoms with Gasteiger partial charge in [0.1, 0.15) is 5.82 Å². The molecule has 2 heterocycles. The minimum atomic E-state index is 0. The van der Waals surface area contributed by atoms with E-state index in [1.54, 1.807) is 0 Å². The highest BCUT2D eigenvalue weighted by molar-refractivity contribution is 14.0. The number of ether oxygens (including phenoxy) is 1. The number of imidazole rings is 1. The fraction of sp³-hybridized carbons (Fsp3) is 0.652. The lowest BCUT2D eigenvalue weighted by atomic mass is 10.0. The highest BCUT2D eigenvalue weighted by Crippen LogP contribution is 2.16. The molecule has 174 valence electrons. The van der Waals surface area contributed by atoms with Crippen molar-refractivity contribution in [2.75, 3.05) is 45.9 Å². The Morgan fingerprint density at radius 2 is 1.94 bits per heavy atom. The van der Waals surface area contributed by atoms with E-state index in [9.17, 15) is 0 Å². The van der Waals surface area contributed by atoms with Crippen LogP contribution in [0.4, 0.5) is 0 Å². The summed E-state index contributed by atoms with van der Waals surface area (Å²) in [5.74, 6) is 2.54. The van der Waals surface area contributed by atoms with Crippen molar-refractivity contribution in [3.05, 3.63) is 30.1 Å². The van der Waals surface area contributed by atoms with Crippen LogP contribution in [0.3, 0.4) is 0 Å². The molecule has 0 radical (unpaired) electrons. The summed E-state index contributed by atoms with van der Waals surface area (Å²) in [6.45, 7) is 15.9. The van der Waals surface area contributed by atoms with Crippen molar-refractivity contribution < 1.29 is 4.74 Å². The van der Waals surface area contributed by atoms with Gasteiger partial charge in [-0.2, -0.15) is 0 Å². The van der Waals surface area contributed by atoms with E-state index < -0.39 is 0 Å². The van der Waals surface area contributed by atoms with Crippen molar-refractivity contribution in [1.29, 1.82) is 0 Å². The molecule has 2 aromatic rings. The molecule has 0 saturated carbocycles. The Hall–Kier alpha value is -1.39. The monoisotopic (exact) mass is 542 g/mol. The summed E-state index contributed by atoms with van der Waals surface area (Å²) in [6.07, 6.45) is 1.02. The summed E-state index contributed by atoms with van der Waals surface area (Å²) < 4.78 is 7.82. The van der Waals surface area contributed by atoms with Gasteiger partial charge < -0.3 is 19.9 Å². The zero-order valence-corrected chi connectivity index (χ0v) is 21.8. The Bertz CT molecular complexity index is 815. The van der Waals surface area contributed by atoms with E-state index in [-0.39, 0.29) is 24.0 Å². The standard InChI is InChI=1S/C23H38N6O.HI/c1-5-24-23(26-17-22(18(2)3)28-13-15-30-16-14-28)25-11-8-12-29-19(4)27-20-9-6-7-10-21(20)29;/h6-7,9-10,18,22H,5,8,11-17H2,1-4H3,(H2,24,25,26);1H. The van der Waals surface area contributed by atoms with Crippen LogP contribution in [-0.4, -0.2) is 72.4 Å². The van der Waals surface area contributed by atoms with Crippen LogP contribution in [0, 0.1) is 12.8 Å². The number of para-hydroxylation sites is 2. The Balaban J connectivity index is 0.00000341. The molecule has 1 saturated heterocycles. The van der Waals surface area contributed by atoms with Crippen LogP contribution in [0.2, 0.25) is 0 Å². The van der Waals surface area contributed by atoms with Crippen LogP contribution < -0.4 is 10.6 Å². The summed E-state index contributed by atoms with van der Waals surface area (Å²) in [7, 11) is 0. The molecule has 3 rings (SSSR count). The van der Waals surface area contributed by atoms with Crippen LogP contribution >= 0.6 is 24.0 Å². The molecule has 8 heteroatoms. The molecule has 0 aliphatic carbocycles. The molecule has 2 N–H and O–H groups in total. The third-order valence-corrected chi connectivity index (χ3v) is 5.76. The minimum absolute atomic E-state index is 0. The number of benzene rings is 1. The van der Waals surface area contributed by atoms with Crippen molar-refractivity contribution >= 4 is 41.0 Å². The molecule has 1 atom stereocenters. The Labute approximate surface area is 204 Å². The lowest BCUT2D eigenvalue weighted by molar-refractivity contribution is 0.00867. The number of guanidine groups is 1. The van der Waals surface area contributed by atoms with E-state index in [1.165, 1.54) is 5.52 Å². The number of nitrogens with one attached hydrogen (secondary N) is 2. The van der Waals surface area contributed by atoms with Crippen LogP contribution in [-0.2, 0) is 11.3 Å². The summed E-state index contributed by atoms with van der Waals surface area (Å²) in [5.41, 5.74) is 2.28. The van der Waals surface area contributed by atoms with Crippen molar-refractivity contribution in [2.45, 2.75) is 46.7 Å². The summed E-state index contributed by atoms with van der Waals surface area (Å²) >= 11 is 0. The van der Waals surface area contributed by atoms with Crippen LogP contribution in [0.5, 0.6) is 0 Å². The highest BCUT2D eigenvalue weighted by Gasteiger charge is 2.23. The van der Waals surface area contributed by atoms with E-state index in [0.29, 0.717) is 12.0 Å². The normalized spacial score (nSPS) is 16.4. The lowest BCUT2D eigenvalue weighted by Gasteiger charge is -2.36. The van der Waals surface area contributed by atoms with Crippen LogP contribution in [0.25, 0.3) is 11.0 Å². The first kappa shape index (κ1) is 25.9. The Kier molecular flexibility index (Phi) is 11.0. The van der Waals surface area contributed by atoms with Crippen molar-refractivity contribution in [3.63, 3.8) is 0 Å². The molecule has 1 fully saturated rings. The van der Waals surface area contributed by atoms with E-state index in [4.69, 9.17) is 9.73 Å². The maximum atomic E-state index is 5.52. The SMILES string of the molecule is CCNC(=NCC(C(C)C)N1CCOCC1)NCCCn1c(C)nc2ccccc21.I. The van der Waals surface area contributed by atoms with Crippen molar-refractivity contribution in [1.82, 2.24) is 25.1 Å². The number of rotatable bonds is 9. The Morgan fingerprint density at radius 3 is 2.65 bits per heavy atom. The quantitative estimate of drug-likeness (QED) is 0.221. The van der Waals surface area contributed by atoms with E-state index in [1.807, 2.05) is 6.07 Å². The predicted molar refractivity (Wildman–Crippen MR) is 140 cm³/mol. The van der Waals surface area contributed by atoms with Gasteiger partial charge in [0.2, 0.25) is 0 Å². The summed E-state index contributed by atoms with van der Waals surface area (Å²) in [6, 6.07) is 8.79. The number of hydrogen-bond acceptors (Lipinski definition) is 4. The first-order valence-electron chi connectivity index (χ1n) is 11.4. The molecule has 7 nitrogen and oxygen atoms in total. The number of aliphatic imine (C=N–C) groups is 1. The first-order chi connectivity index (χ1) is 14.6. The second-order valence-corrected chi connectivity index (χ2v) is 8.26. The highest BCUT2D eigenvalue weighted by atomic mass is 127. The third kappa shape index (κ3) is 7.32. The smallest absolute Gasteiger partial charge is 0.191 e. The number of aryl methyl sites for hydroxylation is 2. The average Bonchev–Trinajstić information content (AvgIpc) is 3.06. The number of halogens is 1. The fourth-order valence-corrected chi connectivity index (χ4v) is 4.11. The molecule has 1 aliphatic rings. The van der Waals surface area contributed by atoms with Gasteiger partial charge >= 0.3 is 0 Å². The van der Waals surface area contributed by atoms with Crippen LogP contribution in [0.15, 0.2) is 29.3 Å². The fourth-order valence-electron chi connectivity index (χ4n) is 4.11. The van der Waals surface area contributed by atoms with Gasteiger partial charge in [-0.05, 0) is 38.3 Å². The number of morpholine rings is 1. The number of hydrogen-bond donors (Lipinski definition) is 2. The zero-order valence-electron chi connectivity index (χ0n) is 19.4. The molecule has 1 aromatic carbocycles. The number of aromatic nitrogens is 2. The summed E-state index contributed by atoms with van der Waals surface area (Å²) in [4.78, 5) is 12.1. The molecular weight excluding hydrogens is 503 g/mol. The largest absolute Gasteiger partial charge is 0.379 e.